The van der Waals surface area contributed by atoms with Crippen LogP contribution in [0.15, 0.2) is 53.9 Å². The highest BCUT2D eigenvalue weighted by molar-refractivity contribution is 5.99. The lowest BCUT2D eigenvalue weighted by Gasteiger charge is -1.99. The molecule has 126 valence electrons. The third-order valence-corrected chi connectivity index (χ3v) is 3.47. The largest absolute Gasteiger partial charge is 0.480 e. The summed E-state index contributed by atoms with van der Waals surface area (Å²) in [5.74, 6) is -0.575. The number of benzene rings is 1. The Morgan fingerprint density at radius 3 is 2.84 bits per heavy atom. The summed E-state index contributed by atoms with van der Waals surface area (Å²) < 4.78 is 1.63. The van der Waals surface area contributed by atoms with Crippen LogP contribution < -0.4 is 5.43 Å². The molecule has 0 radical (unpaired) electrons. The van der Waals surface area contributed by atoms with Crippen molar-refractivity contribution in [1.82, 2.24) is 9.55 Å². The maximum Gasteiger partial charge on any atom is 0.323 e. The maximum absolute atomic E-state index is 11.0. The van der Waals surface area contributed by atoms with E-state index < -0.39 is 10.9 Å². The lowest BCUT2D eigenvalue weighted by atomic mass is 10.2. The molecule has 9 nitrogen and oxygen atoms in total. The van der Waals surface area contributed by atoms with Gasteiger partial charge in [0.2, 0.25) is 0 Å². The molecule has 0 aliphatic rings. The van der Waals surface area contributed by atoms with Crippen LogP contribution in [0.4, 0.5) is 11.5 Å². The molecule has 25 heavy (non-hydrogen) atoms. The summed E-state index contributed by atoms with van der Waals surface area (Å²) in [5.41, 5.74) is 4.11. The zero-order chi connectivity index (χ0) is 17.8. The van der Waals surface area contributed by atoms with Crippen molar-refractivity contribution in [3.05, 3.63) is 64.5 Å². The normalized spacial score (nSPS) is 11.0. The summed E-state index contributed by atoms with van der Waals surface area (Å²) >= 11 is 0. The molecule has 2 aromatic heterocycles. The van der Waals surface area contributed by atoms with Gasteiger partial charge < -0.3 is 9.67 Å². The van der Waals surface area contributed by atoms with Crippen LogP contribution in [0.3, 0.4) is 0 Å². The highest BCUT2D eigenvalue weighted by atomic mass is 16.6. The number of aliphatic carboxylic acids is 1. The summed E-state index contributed by atoms with van der Waals surface area (Å²) in [6.45, 7) is -0.147. The van der Waals surface area contributed by atoms with Gasteiger partial charge in [-0.05, 0) is 12.1 Å². The first-order chi connectivity index (χ1) is 12.0. The van der Waals surface area contributed by atoms with Crippen LogP contribution in [0.2, 0.25) is 0 Å². The summed E-state index contributed by atoms with van der Waals surface area (Å²) in [5, 5.41) is 24.5. The molecule has 0 amide bonds. The van der Waals surface area contributed by atoms with Gasteiger partial charge in [-0.25, -0.2) is 4.98 Å². The average molecular weight is 339 g/mol. The molecule has 3 rings (SSSR count). The number of nitrogens with one attached hydrogen (secondary N) is 1. The van der Waals surface area contributed by atoms with Crippen molar-refractivity contribution in [2.75, 3.05) is 5.43 Å². The summed E-state index contributed by atoms with van der Waals surface area (Å²) in [6.07, 6.45) is 4.38. The Kier molecular flexibility index (Phi) is 4.38. The van der Waals surface area contributed by atoms with Crippen LogP contribution in [0.5, 0.6) is 0 Å². The maximum atomic E-state index is 11.0. The smallest absolute Gasteiger partial charge is 0.323 e. The number of rotatable bonds is 6. The lowest BCUT2D eigenvalue weighted by molar-refractivity contribution is -0.385. The standard InChI is InChI=1S/C16H13N5O4/c22-16(23)10-20-9-11(13-3-1-2-4-14(13)20)7-18-19-15-6-5-12(8-17-15)21(24)25/h1-9H,10H2,(H,17,19)(H,22,23). The highest BCUT2D eigenvalue weighted by Crippen LogP contribution is 2.20. The summed E-state index contributed by atoms with van der Waals surface area (Å²) in [6, 6.07) is 10.2. The van der Waals surface area contributed by atoms with Crippen LogP contribution in [-0.4, -0.2) is 31.8 Å². The van der Waals surface area contributed by atoms with Gasteiger partial charge in [0.25, 0.3) is 5.69 Å². The lowest BCUT2D eigenvalue weighted by Crippen LogP contribution is -2.07. The average Bonchev–Trinajstić information content (AvgIpc) is 2.93. The number of fused-ring (bicyclic) bond motifs is 1. The first-order valence-corrected chi connectivity index (χ1v) is 7.24. The van der Waals surface area contributed by atoms with Crippen LogP contribution in [0, 0.1) is 10.1 Å². The molecule has 3 aromatic rings. The Morgan fingerprint density at radius 2 is 2.16 bits per heavy atom. The van der Waals surface area contributed by atoms with Gasteiger partial charge >= 0.3 is 5.97 Å². The summed E-state index contributed by atoms with van der Waals surface area (Å²) in [4.78, 5) is 24.9. The van der Waals surface area contributed by atoms with Gasteiger partial charge in [0.1, 0.15) is 18.6 Å². The van der Waals surface area contributed by atoms with E-state index in [1.165, 1.54) is 12.1 Å². The van der Waals surface area contributed by atoms with Crippen LogP contribution in [-0.2, 0) is 11.3 Å². The van der Waals surface area contributed by atoms with E-state index in [-0.39, 0.29) is 12.2 Å². The number of carbonyl (C=O) groups is 1. The van der Waals surface area contributed by atoms with E-state index >= 15 is 0 Å². The van der Waals surface area contributed by atoms with Crippen molar-refractivity contribution in [3.8, 4) is 0 Å². The number of hydrogen-bond acceptors (Lipinski definition) is 6. The van der Waals surface area contributed by atoms with Crippen molar-refractivity contribution in [3.63, 3.8) is 0 Å². The van der Waals surface area contributed by atoms with Crippen LogP contribution in [0.25, 0.3) is 10.9 Å². The molecule has 0 saturated heterocycles. The molecule has 0 aliphatic heterocycles. The second-order valence-electron chi connectivity index (χ2n) is 5.15. The van der Waals surface area contributed by atoms with Gasteiger partial charge in [-0.2, -0.15) is 5.10 Å². The van der Waals surface area contributed by atoms with Gasteiger partial charge in [-0.3, -0.25) is 20.3 Å². The third-order valence-electron chi connectivity index (χ3n) is 3.47. The van der Waals surface area contributed by atoms with E-state index in [9.17, 15) is 14.9 Å². The van der Waals surface area contributed by atoms with Gasteiger partial charge in [-0.1, -0.05) is 18.2 Å². The van der Waals surface area contributed by atoms with E-state index in [1.54, 1.807) is 17.0 Å². The quantitative estimate of drug-likeness (QED) is 0.404. The van der Waals surface area contributed by atoms with E-state index in [0.717, 1.165) is 22.7 Å². The van der Waals surface area contributed by atoms with E-state index in [1.807, 2.05) is 24.3 Å². The zero-order valence-electron chi connectivity index (χ0n) is 12.9. The Morgan fingerprint density at radius 1 is 1.36 bits per heavy atom. The molecular weight excluding hydrogens is 326 g/mol. The van der Waals surface area contributed by atoms with Crippen LogP contribution in [0.1, 0.15) is 5.56 Å². The second-order valence-corrected chi connectivity index (χ2v) is 5.15. The fourth-order valence-corrected chi connectivity index (χ4v) is 2.38. The van der Waals surface area contributed by atoms with Crippen molar-refractivity contribution in [1.29, 1.82) is 0 Å². The minimum atomic E-state index is -0.933. The molecule has 0 spiro atoms. The highest BCUT2D eigenvalue weighted by Gasteiger charge is 2.09. The minimum Gasteiger partial charge on any atom is -0.480 e. The third kappa shape index (κ3) is 3.61. The Balaban J connectivity index is 1.81. The minimum absolute atomic E-state index is 0.105. The first kappa shape index (κ1) is 16.1. The number of nitro groups is 1. The summed E-state index contributed by atoms with van der Waals surface area (Å²) in [7, 11) is 0. The van der Waals surface area contributed by atoms with E-state index in [4.69, 9.17) is 5.11 Å². The molecule has 0 aliphatic carbocycles. The molecule has 0 unspecified atom stereocenters. The van der Waals surface area contributed by atoms with E-state index in [2.05, 4.69) is 15.5 Å². The molecule has 2 heterocycles. The van der Waals surface area contributed by atoms with Crippen molar-refractivity contribution >= 4 is 34.6 Å². The number of nitrogens with zero attached hydrogens (tertiary/aromatic N) is 4. The Hall–Kier alpha value is -3.75. The number of carboxylic acids is 1. The number of aromatic nitrogens is 2. The number of anilines is 1. The molecule has 0 saturated carbocycles. The SMILES string of the molecule is O=C(O)Cn1cc(C=NNc2ccc([N+](=O)[O-])cn2)c2ccccc21. The Labute approximate surface area is 141 Å². The number of hydrazone groups is 1. The second kappa shape index (κ2) is 6.79. The number of para-hydroxylation sites is 1. The zero-order valence-corrected chi connectivity index (χ0v) is 12.9. The van der Waals surface area contributed by atoms with Gasteiger partial charge in [0.15, 0.2) is 0 Å². The number of pyridine rings is 1. The molecule has 0 atom stereocenters. The molecule has 0 bridgehead atoms. The first-order valence-electron chi connectivity index (χ1n) is 7.24. The molecule has 9 heteroatoms. The molecule has 1 aromatic carbocycles. The van der Waals surface area contributed by atoms with Crippen molar-refractivity contribution in [2.45, 2.75) is 6.54 Å². The van der Waals surface area contributed by atoms with Gasteiger partial charge in [0, 0.05) is 28.7 Å². The molecule has 2 N–H and O–H groups in total. The predicted octanol–water partition coefficient (Wildman–Crippen LogP) is 2.48. The fraction of sp³-hybridized carbons (Fsp3) is 0.0625. The number of hydrogen-bond donors (Lipinski definition) is 2. The van der Waals surface area contributed by atoms with Crippen LogP contribution >= 0.6 is 0 Å². The topological polar surface area (TPSA) is 123 Å². The molecule has 0 fully saturated rings. The predicted molar refractivity (Wildman–Crippen MR) is 91.7 cm³/mol. The van der Waals surface area contributed by atoms with E-state index in [0.29, 0.717) is 5.82 Å². The van der Waals surface area contributed by atoms with Gasteiger partial charge in [0.05, 0.1) is 11.1 Å². The van der Waals surface area contributed by atoms with Crippen molar-refractivity contribution in [2.24, 2.45) is 5.10 Å². The molecular formula is C16H13N5O4. The monoisotopic (exact) mass is 339 g/mol. The Bertz CT molecular complexity index is 962. The number of carboxylic acid groups (broad SMARTS) is 1. The van der Waals surface area contributed by atoms with Gasteiger partial charge in [-0.15, -0.1) is 0 Å². The van der Waals surface area contributed by atoms with Crippen molar-refractivity contribution < 1.29 is 14.8 Å². The fourth-order valence-electron chi connectivity index (χ4n) is 2.38.